The highest BCUT2D eigenvalue weighted by Gasteiger charge is 2.25. The molecule has 1 saturated heterocycles. The van der Waals surface area contributed by atoms with E-state index in [0.29, 0.717) is 11.0 Å². The average molecular weight is 314 g/mol. The van der Waals surface area contributed by atoms with Crippen LogP contribution >= 0.6 is 11.3 Å². The number of nitrogen functional groups attached to an aromatic ring is 1. The van der Waals surface area contributed by atoms with Gasteiger partial charge in [0.05, 0.1) is 0 Å². The van der Waals surface area contributed by atoms with Crippen LogP contribution in [-0.2, 0) is 6.54 Å². The third-order valence-corrected chi connectivity index (χ3v) is 4.93. The molecule has 1 aliphatic heterocycles. The zero-order chi connectivity index (χ0) is 14.9. The van der Waals surface area contributed by atoms with Gasteiger partial charge in [-0.1, -0.05) is 12.1 Å². The maximum atomic E-state index is 5.94. The molecule has 114 valence electrons. The van der Waals surface area contributed by atoms with Gasteiger partial charge in [-0.05, 0) is 31.5 Å². The molecule has 0 saturated carbocycles. The Bertz CT molecular complexity index is 748. The lowest BCUT2D eigenvalue weighted by Gasteiger charge is -2.30. The average Bonchev–Trinajstić information content (AvgIpc) is 3.13. The van der Waals surface area contributed by atoms with Crippen molar-refractivity contribution in [2.24, 2.45) is 0 Å². The highest BCUT2D eigenvalue weighted by Crippen LogP contribution is 2.30. The van der Waals surface area contributed by atoms with Gasteiger partial charge in [0.1, 0.15) is 5.52 Å². The van der Waals surface area contributed by atoms with Crippen LogP contribution in [-0.4, -0.2) is 28.0 Å². The number of likely N-dealkylation sites (tertiary alicyclic amines) is 1. The lowest BCUT2D eigenvalue weighted by molar-refractivity contribution is 0.188. The lowest BCUT2D eigenvalue weighted by atomic mass is 9.98. The largest absolute Gasteiger partial charge is 0.440 e. The number of thiazole rings is 1. The fraction of sp³-hybridized carbons (Fsp3) is 0.375. The van der Waals surface area contributed by atoms with Crippen LogP contribution in [0.25, 0.3) is 11.1 Å². The quantitative estimate of drug-likeness (QED) is 0.803. The third-order valence-electron chi connectivity index (χ3n) is 4.12. The van der Waals surface area contributed by atoms with Gasteiger partial charge in [-0.3, -0.25) is 4.90 Å². The molecular formula is C16H18N4OS. The maximum absolute atomic E-state index is 5.94. The van der Waals surface area contributed by atoms with Gasteiger partial charge in [-0.2, -0.15) is 0 Å². The molecule has 1 fully saturated rings. The van der Waals surface area contributed by atoms with Crippen molar-refractivity contribution in [2.75, 3.05) is 18.8 Å². The standard InChI is InChI=1S/C16H18N4OS/c17-16-18-8-12(22-16)10-20-7-3-4-11(9-20)15-19-13-5-1-2-6-14(13)21-15/h1-2,5-6,8,11H,3-4,7,9-10H2,(H2,17,18)/t11-/m1/s1. The molecule has 0 unspecified atom stereocenters. The number of nitrogens with two attached hydrogens (primary N) is 1. The van der Waals surface area contributed by atoms with Gasteiger partial charge >= 0.3 is 0 Å². The monoisotopic (exact) mass is 314 g/mol. The fourth-order valence-corrected chi connectivity index (χ4v) is 3.81. The van der Waals surface area contributed by atoms with Crippen molar-refractivity contribution in [1.82, 2.24) is 14.9 Å². The summed E-state index contributed by atoms with van der Waals surface area (Å²) in [6.07, 6.45) is 4.18. The Hall–Kier alpha value is -1.92. The van der Waals surface area contributed by atoms with Crippen molar-refractivity contribution < 1.29 is 4.42 Å². The molecule has 3 heterocycles. The Morgan fingerprint density at radius 1 is 1.36 bits per heavy atom. The minimum absolute atomic E-state index is 0.367. The summed E-state index contributed by atoms with van der Waals surface area (Å²) in [7, 11) is 0. The van der Waals surface area contributed by atoms with E-state index < -0.39 is 0 Å². The number of para-hydroxylation sites is 2. The number of hydrogen-bond donors (Lipinski definition) is 1. The first-order valence-corrected chi connectivity index (χ1v) is 8.37. The van der Waals surface area contributed by atoms with E-state index in [0.717, 1.165) is 49.5 Å². The van der Waals surface area contributed by atoms with Gasteiger partial charge in [0, 0.05) is 30.1 Å². The number of rotatable bonds is 3. The van der Waals surface area contributed by atoms with Gasteiger partial charge in [-0.15, -0.1) is 11.3 Å². The Labute approximate surface area is 132 Å². The van der Waals surface area contributed by atoms with E-state index in [-0.39, 0.29) is 0 Å². The molecule has 0 amide bonds. The summed E-state index contributed by atoms with van der Waals surface area (Å²) < 4.78 is 5.94. The SMILES string of the molecule is Nc1ncc(CN2CCC[C@@H](c3nc4ccccc4o3)C2)s1. The Morgan fingerprint density at radius 2 is 2.27 bits per heavy atom. The van der Waals surface area contributed by atoms with E-state index in [4.69, 9.17) is 10.2 Å². The van der Waals surface area contributed by atoms with Crippen molar-refractivity contribution in [1.29, 1.82) is 0 Å². The van der Waals surface area contributed by atoms with E-state index in [2.05, 4.69) is 14.9 Å². The number of aromatic nitrogens is 2. The molecule has 2 aromatic heterocycles. The summed E-state index contributed by atoms with van der Waals surface area (Å²) in [6, 6.07) is 7.96. The second-order valence-corrected chi connectivity index (χ2v) is 6.91. The number of piperidine rings is 1. The van der Waals surface area contributed by atoms with Gasteiger partial charge in [0.15, 0.2) is 16.6 Å². The van der Waals surface area contributed by atoms with Gasteiger partial charge < -0.3 is 10.2 Å². The molecule has 6 heteroatoms. The molecule has 0 spiro atoms. The first-order chi connectivity index (χ1) is 10.8. The number of benzene rings is 1. The normalized spacial score (nSPS) is 19.7. The highest BCUT2D eigenvalue weighted by atomic mass is 32.1. The summed E-state index contributed by atoms with van der Waals surface area (Å²) in [5, 5.41) is 0.641. The smallest absolute Gasteiger partial charge is 0.199 e. The second-order valence-electron chi connectivity index (χ2n) is 5.76. The number of hydrogen-bond acceptors (Lipinski definition) is 6. The first kappa shape index (κ1) is 13.7. The van der Waals surface area contributed by atoms with Gasteiger partial charge in [0.25, 0.3) is 0 Å². The molecule has 1 aliphatic rings. The van der Waals surface area contributed by atoms with Crippen LogP contribution < -0.4 is 5.73 Å². The number of anilines is 1. The summed E-state index contributed by atoms with van der Waals surface area (Å²) in [4.78, 5) is 12.4. The van der Waals surface area contributed by atoms with Crippen LogP contribution in [0.1, 0.15) is 29.5 Å². The molecule has 3 aromatic rings. The van der Waals surface area contributed by atoms with E-state index in [1.807, 2.05) is 30.5 Å². The first-order valence-electron chi connectivity index (χ1n) is 7.56. The summed E-state index contributed by atoms with van der Waals surface area (Å²) in [5.41, 5.74) is 7.54. The van der Waals surface area contributed by atoms with Crippen molar-refractivity contribution in [3.05, 3.63) is 41.2 Å². The van der Waals surface area contributed by atoms with Crippen LogP contribution in [0.15, 0.2) is 34.9 Å². The zero-order valence-corrected chi connectivity index (χ0v) is 13.1. The topological polar surface area (TPSA) is 68.2 Å². The van der Waals surface area contributed by atoms with Crippen LogP contribution in [0.2, 0.25) is 0 Å². The third kappa shape index (κ3) is 2.71. The van der Waals surface area contributed by atoms with E-state index in [1.54, 1.807) is 11.3 Å². The van der Waals surface area contributed by atoms with Gasteiger partial charge in [-0.25, -0.2) is 9.97 Å². The van der Waals surface area contributed by atoms with Crippen molar-refractivity contribution in [2.45, 2.75) is 25.3 Å². The molecule has 4 rings (SSSR count). The molecule has 0 bridgehead atoms. The van der Waals surface area contributed by atoms with Crippen LogP contribution in [0.4, 0.5) is 5.13 Å². The van der Waals surface area contributed by atoms with Crippen molar-refractivity contribution in [3.8, 4) is 0 Å². The Kier molecular flexibility index (Phi) is 3.56. The second kappa shape index (κ2) is 5.70. The molecule has 0 radical (unpaired) electrons. The van der Waals surface area contributed by atoms with E-state index in [9.17, 15) is 0 Å². The van der Waals surface area contributed by atoms with Gasteiger partial charge in [0.2, 0.25) is 0 Å². The molecule has 5 nitrogen and oxygen atoms in total. The minimum Gasteiger partial charge on any atom is -0.440 e. The van der Waals surface area contributed by atoms with E-state index in [1.165, 1.54) is 4.88 Å². The number of oxazole rings is 1. The molecule has 1 aromatic carbocycles. The summed E-state index contributed by atoms with van der Waals surface area (Å²) in [6.45, 7) is 2.99. The Balaban J connectivity index is 1.50. The Morgan fingerprint density at radius 3 is 3.09 bits per heavy atom. The van der Waals surface area contributed by atoms with E-state index >= 15 is 0 Å². The van der Waals surface area contributed by atoms with Crippen LogP contribution in [0.3, 0.4) is 0 Å². The predicted octanol–water partition coefficient (Wildman–Crippen LogP) is 3.25. The minimum atomic E-state index is 0.367. The number of fused-ring (bicyclic) bond motifs is 1. The van der Waals surface area contributed by atoms with Crippen LogP contribution in [0.5, 0.6) is 0 Å². The fourth-order valence-electron chi connectivity index (χ4n) is 3.08. The molecule has 1 atom stereocenters. The van der Waals surface area contributed by atoms with Crippen molar-refractivity contribution in [3.63, 3.8) is 0 Å². The zero-order valence-electron chi connectivity index (χ0n) is 12.2. The summed E-state index contributed by atoms with van der Waals surface area (Å²) >= 11 is 1.57. The van der Waals surface area contributed by atoms with Crippen molar-refractivity contribution >= 4 is 27.6 Å². The lowest BCUT2D eigenvalue weighted by Crippen LogP contribution is -2.33. The predicted molar refractivity (Wildman–Crippen MR) is 87.8 cm³/mol. The molecule has 0 aliphatic carbocycles. The maximum Gasteiger partial charge on any atom is 0.199 e. The number of nitrogens with zero attached hydrogens (tertiary/aromatic N) is 3. The molecular weight excluding hydrogens is 296 g/mol. The molecule has 2 N–H and O–H groups in total. The molecule has 22 heavy (non-hydrogen) atoms. The van der Waals surface area contributed by atoms with Crippen LogP contribution in [0, 0.1) is 0 Å². The summed E-state index contributed by atoms with van der Waals surface area (Å²) in [5.74, 6) is 1.24. The highest BCUT2D eigenvalue weighted by molar-refractivity contribution is 7.15.